The highest BCUT2D eigenvalue weighted by atomic mass is 32.2. The maximum atomic E-state index is 11.5. The van der Waals surface area contributed by atoms with E-state index in [-0.39, 0.29) is 12.1 Å². The van der Waals surface area contributed by atoms with Crippen LogP contribution in [0.2, 0.25) is 0 Å². The first-order valence-corrected chi connectivity index (χ1v) is 9.47. The predicted octanol–water partition coefficient (Wildman–Crippen LogP) is 1.63. The number of hydrogen-bond acceptors (Lipinski definition) is 5. The molecule has 2 atom stereocenters. The van der Waals surface area contributed by atoms with Crippen molar-refractivity contribution in [2.24, 2.45) is 0 Å². The van der Waals surface area contributed by atoms with Crippen molar-refractivity contribution in [1.82, 2.24) is 14.7 Å². The summed E-state index contributed by atoms with van der Waals surface area (Å²) < 4.78 is 25.7. The van der Waals surface area contributed by atoms with Gasteiger partial charge in [0.1, 0.15) is 11.6 Å². The van der Waals surface area contributed by atoms with Gasteiger partial charge in [0.05, 0.1) is 6.26 Å². The molecule has 0 aromatic carbocycles. The van der Waals surface area contributed by atoms with E-state index >= 15 is 0 Å². The molecule has 1 aromatic rings. The van der Waals surface area contributed by atoms with Crippen LogP contribution in [0.5, 0.6) is 0 Å². The number of rotatable bonds is 5. The van der Waals surface area contributed by atoms with Crippen LogP contribution < -0.4 is 10.0 Å². The van der Waals surface area contributed by atoms with E-state index in [0.717, 1.165) is 37.3 Å². The summed E-state index contributed by atoms with van der Waals surface area (Å²) in [5, 5.41) is 3.40. The zero-order valence-corrected chi connectivity index (χ0v) is 13.1. The normalized spacial score (nSPS) is 26.5. The molecule has 0 amide bonds. The van der Waals surface area contributed by atoms with Crippen molar-refractivity contribution < 1.29 is 8.42 Å². The number of nitrogens with one attached hydrogen (secondary N) is 2. The van der Waals surface area contributed by atoms with E-state index in [0.29, 0.717) is 5.92 Å². The number of anilines is 1. The second-order valence-electron chi connectivity index (χ2n) is 6.11. The summed E-state index contributed by atoms with van der Waals surface area (Å²) in [4.78, 5) is 8.87. The quantitative estimate of drug-likeness (QED) is 0.863. The Labute approximate surface area is 125 Å². The standard InChI is InChI=1S/C14H22N4O2S/c1-21(19,20)18-12-5-3-2-4-11(12)16-13-8-9-15-14(17-13)10-6-7-10/h8-12,18H,2-7H2,1H3,(H,15,16,17)/t11-,12-/m1/s1. The molecule has 2 aliphatic rings. The van der Waals surface area contributed by atoms with Gasteiger partial charge >= 0.3 is 0 Å². The van der Waals surface area contributed by atoms with Gasteiger partial charge < -0.3 is 5.32 Å². The fourth-order valence-electron chi connectivity index (χ4n) is 2.90. The van der Waals surface area contributed by atoms with Crippen LogP contribution in [0.15, 0.2) is 12.3 Å². The molecule has 21 heavy (non-hydrogen) atoms. The van der Waals surface area contributed by atoms with E-state index in [1.54, 1.807) is 6.20 Å². The van der Waals surface area contributed by atoms with Gasteiger partial charge in [-0.1, -0.05) is 12.8 Å². The van der Waals surface area contributed by atoms with Gasteiger partial charge in [0.15, 0.2) is 0 Å². The lowest BCUT2D eigenvalue weighted by molar-refractivity contribution is 0.378. The Balaban J connectivity index is 1.70. The van der Waals surface area contributed by atoms with Crippen LogP contribution in [0, 0.1) is 0 Å². The summed E-state index contributed by atoms with van der Waals surface area (Å²) >= 11 is 0. The number of hydrogen-bond donors (Lipinski definition) is 2. The maximum Gasteiger partial charge on any atom is 0.209 e. The van der Waals surface area contributed by atoms with Crippen molar-refractivity contribution >= 4 is 15.8 Å². The summed E-state index contributed by atoms with van der Waals surface area (Å²) in [5.41, 5.74) is 0. The molecular formula is C14H22N4O2S. The molecule has 1 aromatic heterocycles. The number of nitrogens with zero attached hydrogens (tertiary/aromatic N) is 2. The molecule has 0 spiro atoms. The average molecular weight is 310 g/mol. The third kappa shape index (κ3) is 4.14. The highest BCUT2D eigenvalue weighted by Gasteiger charge is 2.29. The summed E-state index contributed by atoms with van der Waals surface area (Å²) in [6.45, 7) is 0. The third-order valence-electron chi connectivity index (χ3n) is 4.08. The molecule has 0 saturated heterocycles. The van der Waals surface area contributed by atoms with Gasteiger partial charge in [0, 0.05) is 24.2 Å². The van der Waals surface area contributed by atoms with Gasteiger partial charge in [-0.2, -0.15) is 0 Å². The zero-order valence-electron chi connectivity index (χ0n) is 12.2. The van der Waals surface area contributed by atoms with Crippen molar-refractivity contribution in [3.8, 4) is 0 Å². The molecule has 2 aliphatic carbocycles. The Kier molecular flexibility index (Phi) is 4.12. The van der Waals surface area contributed by atoms with E-state index < -0.39 is 10.0 Å². The Morgan fingerprint density at radius 2 is 1.86 bits per heavy atom. The van der Waals surface area contributed by atoms with Gasteiger partial charge in [0.2, 0.25) is 10.0 Å². The highest BCUT2D eigenvalue weighted by molar-refractivity contribution is 7.88. The lowest BCUT2D eigenvalue weighted by Crippen LogP contribution is -2.48. The average Bonchev–Trinajstić information content (AvgIpc) is 3.24. The third-order valence-corrected chi connectivity index (χ3v) is 4.81. The Morgan fingerprint density at radius 3 is 2.52 bits per heavy atom. The minimum absolute atomic E-state index is 0.0620. The fraction of sp³-hybridized carbons (Fsp3) is 0.714. The van der Waals surface area contributed by atoms with Crippen LogP contribution in [-0.2, 0) is 10.0 Å². The van der Waals surface area contributed by atoms with E-state index in [1.165, 1.54) is 19.1 Å². The first-order chi connectivity index (χ1) is 10.0. The smallest absolute Gasteiger partial charge is 0.209 e. The van der Waals surface area contributed by atoms with E-state index in [2.05, 4.69) is 20.0 Å². The number of sulfonamides is 1. The maximum absolute atomic E-state index is 11.5. The van der Waals surface area contributed by atoms with Gasteiger partial charge in [-0.25, -0.2) is 23.1 Å². The summed E-state index contributed by atoms with van der Waals surface area (Å²) in [6.07, 6.45) is 9.33. The molecule has 0 aliphatic heterocycles. The second kappa shape index (κ2) is 5.88. The molecule has 1 heterocycles. The van der Waals surface area contributed by atoms with Crippen LogP contribution in [0.3, 0.4) is 0 Å². The molecule has 0 unspecified atom stereocenters. The van der Waals surface area contributed by atoms with Crippen LogP contribution >= 0.6 is 0 Å². The molecule has 0 radical (unpaired) electrons. The van der Waals surface area contributed by atoms with E-state index in [9.17, 15) is 8.42 Å². The molecular weight excluding hydrogens is 288 g/mol. The lowest BCUT2D eigenvalue weighted by atomic mass is 9.91. The molecule has 2 saturated carbocycles. The van der Waals surface area contributed by atoms with Crippen LogP contribution in [0.25, 0.3) is 0 Å². The summed E-state index contributed by atoms with van der Waals surface area (Å²) in [6, 6.07) is 1.89. The largest absolute Gasteiger partial charge is 0.366 e. The Bertz CT molecular complexity index is 601. The number of aromatic nitrogens is 2. The molecule has 2 fully saturated rings. The molecule has 3 rings (SSSR count). The van der Waals surface area contributed by atoms with E-state index in [4.69, 9.17) is 0 Å². The van der Waals surface area contributed by atoms with Gasteiger partial charge in [0.25, 0.3) is 0 Å². The van der Waals surface area contributed by atoms with Crippen molar-refractivity contribution in [2.75, 3.05) is 11.6 Å². The molecule has 0 bridgehead atoms. The van der Waals surface area contributed by atoms with Crippen LogP contribution in [0.4, 0.5) is 5.82 Å². The SMILES string of the molecule is CS(=O)(=O)N[C@@H]1CCCC[C@H]1Nc1ccnc(C2CC2)n1. The lowest BCUT2D eigenvalue weighted by Gasteiger charge is -2.32. The van der Waals surface area contributed by atoms with Crippen LogP contribution in [0.1, 0.15) is 50.3 Å². The van der Waals surface area contributed by atoms with Gasteiger partial charge in [-0.15, -0.1) is 0 Å². The Morgan fingerprint density at radius 1 is 1.14 bits per heavy atom. The first kappa shape index (κ1) is 14.7. The molecule has 2 N–H and O–H groups in total. The van der Waals surface area contributed by atoms with Crippen molar-refractivity contribution in [1.29, 1.82) is 0 Å². The van der Waals surface area contributed by atoms with Crippen LogP contribution in [-0.4, -0.2) is 36.7 Å². The minimum atomic E-state index is -3.18. The zero-order chi connectivity index (χ0) is 14.9. The van der Waals surface area contributed by atoms with Crippen molar-refractivity contribution in [2.45, 2.75) is 56.5 Å². The van der Waals surface area contributed by atoms with Crippen molar-refractivity contribution in [3.63, 3.8) is 0 Å². The Hall–Kier alpha value is -1.21. The van der Waals surface area contributed by atoms with Crippen molar-refractivity contribution in [3.05, 3.63) is 18.1 Å². The summed E-state index contributed by atoms with van der Waals surface area (Å²) in [7, 11) is -3.18. The minimum Gasteiger partial charge on any atom is -0.366 e. The predicted molar refractivity (Wildman–Crippen MR) is 81.7 cm³/mol. The molecule has 116 valence electrons. The fourth-order valence-corrected chi connectivity index (χ4v) is 3.73. The second-order valence-corrected chi connectivity index (χ2v) is 7.89. The topological polar surface area (TPSA) is 84.0 Å². The highest BCUT2D eigenvalue weighted by Crippen LogP contribution is 2.38. The molecule has 7 heteroatoms. The van der Waals surface area contributed by atoms with Gasteiger partial charge in [-0.3, -0.25) is 0 Å². The molecule has 6 nitrogen and oxygen atoms in total. The van der Waals surface area contributed by atoms with Gasteiger partial charge in [-0.05, 0) is 31.7 Å². The summed E-state index contributed by atoms with van der Waals surface area (Å²) in [5.74, 6) is 2.23. The van der Waals surface area contributed by atoms with E-state index in [1.807, 2.05) is 6.07 Å². The monoisotopic (exact) mass is 310 g/mol. The first-order valence-electron chi connectivity index (χ1n) is 7.58.